The van der Waals surface area contributed by atoms with Gasteiger partial charge in [-0.3, -0.25) is 4.57 Å². The fourth-order valence-electron chi connectivity index (χ4n) is 3.20. The topological polar surface area (TPSA) is 44.8 Å². The summed E-state index contributed by atoms with van der Waals surface area (Å²) in [5, 5.41) is 1.24. The van der Waals surface area contributed by atoms with Crippen LogP contribution in [-0.4, -0.2) is 13.9 Å². The molecule has 1 aliphatic rings. The molecule has 4 nitrogen and oxygen atoms in total. The van der Waals surface area contributed by atoms with E-state index < -0.39 is 7.37 Å². The van der Waals surface area contributed by atoms with Crippen molar-refractivity contribution in [3.63, 3.8) is 0 Å². The van der Waals surface area contributed by atoms with Crippen molar-refractivity contribution >= 4 is 18.0 Å². The van der Waals surface area contributed by atoms with Crippen LogP contribution in [-0.2, 0) is 9.30 Å². The Bertz CT molecular complexity index is 1010. The predicted octanol–water partition coefficient (Wildman–Crippen LogP) is 4.27. The van der Waals surface area contributed by atoms with E-state index in [4.69, 9.17) is 14.0 Å². The van der Waals surface area contributed by atoms with Crippen LogP contribution in [0, 0.1) is 6.92 Å². The Morgan fingerprint density at radius 2 is 1.65 bits per heavy atom. The van der Waals surface area contributed by atoms with Gasteiger partial charge < -0.3 is 14.0 Å². The summed E-state index contributed by atoms with van der Waals surface area (Å²) in [4.78, 5) is 0. The zero-order valence-electron chi connectivity index (χ0n) is 14.6. The fourth-order valence-corrected chi connectivity index (χ4v) is 5.69. The summed E-state index contributed by atoms with van der Waals surface area (Å²) in [6.07, 6.45) is 0. The molecule has 3 aromatic carbocycles. The third-order valence-corrected chi connectivity index (χ3v) is 6.85. The third-order valence-electron chi connectivity index (χ3n) is 4.39. The molecule has 0 bridgehead atoms. The van der Waals surface area contributed by atoms with Gasteiger partial charge in [-0.2, -0.15) is 0 Å². The van der Waals surface area contributed by atoms with Crippen LogP contribution < -0.4 is 19.9 Å². The largest absolute Gasteiger partial charge is 0.467 e. The number of aryl methyl sites for hydroxylation is 1. The van der Waals surface area contributed by atoms with E-state index in [9.17, 15) is 4.57 Å². The number of para-hydroxylation sites is 1. The number of hydrogen-bond acceptors (Lipinski definition) is 4. The highest BCUT2D eigenvalue weighted by atomic mass is 31.2. The quantitative estimate of drug-likeness (QED) is 0.511. The van der Waals surface area contributed by atoms with E-state index in [0.717, 1.165) is 16.7 Å². The van der Waals surface area contributed by atoms with Gasteiger partial charge in [0, 0.05) is 12.7 Å². The molecule has 132 valence electrons. The van der Waals surface area contributed by atoms with Crippen LogP contribution in [0.15, 0.2) is 66.7 Å². The van der Waals surface area contributed by atoms with Crippen molar-refractivity contribution in [2.75, 3.05) is 13.9 Å². The molecule has 5 heteroatoms. The second-order valence-electron chi connectivity index (χ2n) is 6.18. The summed E-state index contributed by atoms with van der Waals surface area (Å²) in [6, 6.07) is 21.0. The first-order chi connectivity index (χ1) is 12.6. The maximum Gasteiger partial charge on any atom is 0.311 e. The molecule has 1 heterocycles. The van der Waals surface area contributed by atoms with Gasteiger partial charge in [-0.1, -0.05) is 42.5 Å². The van der Waals surface area contributed by atoms with Crippen LogP contribution in [0.5, 0.6) is 11.5 Å². The van der Waals surface area contributed by atoms with Gasteiger partial charge >= 0.3 is 7.37 Å². The van der Waals surface area contributed by atoms with Crippen molar-refractivity contribution in [1.82, 2.24) is 0 Å². The fraction of sp³-hybridized carbons (Fsp3) is 0.143. The molecule has 0 saturated heterocycles. The van der Waals surface area contributed by atoms with E-state index >= 15 is 0 Å². The molecule has 3 aromatic rings. The smallest absolute Gasteiger partial charge is 0.311 e. The first-order valence-electron chi connectivity index (χ1n) is 8.35. The summed E-state index contributed by atoms with van der Waals surface area (Å²) < 4.78 is 31.1. The standard InChI is InChI=1S/C21H19O4P/c1-15-11-12-19(24-14-23-2)21(13-15)26(22)20-10-6-4-8-17(20)16-7-3-5-9-18(16)25-26/h3-13H,14H2,1-2H3. The molecular formula is C21H19O4P. The number of ether oxygens (including phenoxy) is 2. The normalized spacial score (nSPS) is 17.8. The lowest BCUT2D eigenvalue weighted by Gasteiger charge is -2.29. The molecule has 0 N–H and O–H groups in total. The number of fused-ring (bicyclic) bond motifs is 3. The van der Waals surface area contributed by atoms with Crippen molar-refractivity contribution in [1.29, 1.82) is 0 Å². The number of rotatable bonds is 4. The Morgan fingerprint density at radius 3 is 2.46 bits per heavy atom. The molecule has 4 rings (SSSR count). The Balaban J connectivity index is 1.95. The van der Waals surface area contributed by atoms with E-state index in [1.807, 2.05) is 73.7 Å². The Kier molecular flexibility index (Phi) is 4.31. The van der Waals surface area contributed by atoms with Crippen molar-refractivity contribution in [2.45, 2.75) is 6.92 Å². The van der Waals surface area contributed by atoms with Crippen molar-refractivity contribution in [3.05, 3.63) is 72.3 Å². The van der Waals surface area contributed by atoms with Gasteiger partial charge in [0.25, 0.3) is 0 Å². The number of benzene rings is 3. The van der Waals surface area contributed by atoms with E-state index in [-0.39, 0.29) is 6.79 Å². The molecule has 0 radical (unpaired) electrons. The highest BCUT2D eigenvalue weighted by molar-refractivity contribution is 7.75. The van der Waals surface area contributed by atoms with Crippen molar-refractivity contribution in [2.24, 2.45) is 0 Å². The molecule has 0 aliphatic carbocycles. The molecule has 26 heavy (non-hydrogen) atoms. The van der Waals surface area contributed by atoms with E-state index in [2.05, 4.69) is 0 Å². The van der Waals surface area contributed by atoms with Crippen molar-refractivity contribution < 1.29 is 18.6 Å². The van der Waals surface area contributed by atoms with Crippen LogP contribution in [0.3, 0.4) is 0 Å². The zero-order chi connectivity index (χ0) is 18.1. The average molecular weight is 366 g/mol. The minimum Gasteiger partial charge on any atom is -0.467 e. The molecular weight excluding hydrogens is 347 g/mol. The summed E-state index contributed by atoms with van der Waals surface area (Å²) in [5.74, 6) is 1.13. The average Bonchev–Trinajstić information content (AvgIpc) is 2.67. The molecule has 1 aliphatic heterocycles. The van der Waals surface area contributed by atoms with Gasteiger partial charge in [-0.05, 0) is 42.3 Å². The first kappa shape index (κ1) is 16.9. The monoisotopic (exact) mass is 366 g/mol. The summed E-state index contributed by atoms with van der Waals surface area (Å²) in [7, 11) is -1.82. The Labute approximate surface area is 152 Å². The van der Waals surface area contributed by atoms with E-state index in [1.54, 1.807) is 7.11 Å². The maximum absolute atomic E-state index is 14.2. The van der Waals surface area contributed by atoms with Gasteiger partial charge in [-0.15, -0.1) is 0 Å². The Hall–Kier alpha value is -2.55. The third kappa shape index (κ3) is 2.72. The van der Waals surface area contributed by atoms with Crippen LogP contribution in [0.25, 0.3) is 11.1 Å². The lowest BCUT2D eigenvalue weighted by molar-refractivity contribution is 0.0518. The number of methoxy groups -OCH3 is 1. The second-order valence-corrected chi connectivity index (χ2v) is 8.43. The molecule has 0 aromatic heterocycles. The molecule has 1 atom stereocenters. The van der Waals surface area contributed by atoms with Crippen molar-refractivity contribution in [3.8, 4) is 22.6 Å². The predicted molar refractivity (Wildman–Crippen MR) is 103 cm³/mol. The molecule has 1 unspecified atom stereocenters. The van der Waals surface area contributed by atoms with Crippen LogP contribution in [0.4, 0.5) is 0 Å². The summed E-state index contributed by atoms with van der Waals surface area (Å²) >= 11 is 0. The molecule has 0 saturated carbocycles. The van der Waals surface area contributed by atoms with Gasteiger partial charge in [0.15, 0.2) is 6.79 Å². The van der Waals surface area contributed by atoms with Gasteiger partial charge in [-0.25, -0.2) is 0 Å². The lowest BCUT2D eigenvalue weighted by atomic mass is 10.0. The molecule has 0 spiro atoms. The second kappa shape index (κ2) is 6.64. The minimum absolute atomic E-state index is 0.0777. The highest BCUT2D eigenvalue weighted by Crippen LogP contribution is 2.55. The minimum atomic E-state index is -3.37. The lowest BCUT2D eigenvalue weighted by Crippen LogP contribution is -2.27. The summed E-state index contributed by atoms with van der Waals surface area (Å²) in [6.45, 7) is 2.04. The number of hydrogen-bond donors (Lipinski definition) is 0. The Morgan fingerprint density at radius 1 is 0.923 bits per heavy atom. The van der Waals surface area contributed by atoms with Crippen LogP contribution in [0.2, 0.25) is 0 Å². The zero-order valence-corrected chi connectivity index (χ0v) is 15.5. The van der Waals surface area contributed by atoms with E-state index in [0.29, 0.717) is 22.1 Å². The van der Waals surface area contributed by atoms with Crippen LogP contribution >= 0.6 is 7.37 Å². The van der Waals surface area contributed by atoms with Crippen LogP contribution in [0.1, 0.15) is 5.56 Å². The highest BCUT2D eigenvalue weighted by Gasteiger charge is 2.39. The van der Waals surface area contributed by atoms with Gasteiger partial charge in [0.1, 0.15) is 11.5 Å². The SMILES string of the molecule is COCOc1ccc(C)cc1P1(=O)Oc2ccccc2-c2ccccc21. The van der Waals surface area contributed by atoms with Gasteiger partial charge in [0.2, 0.25) is 0 Å². The van der Waals surface area contributed by atoms with Gasteiger partial charge in [0.05, 0.1) is 10.6 Å². The summed E-state index contributed by atoms with van der Waals surface area (Å²) in [5.41, 5.74) is 2.86. The first-order valence-corrected chi connectivity index (χ1v) is 9.97. The van der Waals surface area contributed by atoms with E-state index in [1.165, 1.54) is 0 Å². The molecule has 0 amide bonds. The molecule has 0 fully saturated rings. The maximum atomic E-state index is 14.2.